The van der Waals surface area contributed by atoms with Crippen LogP contribution in [0.15, 0.2) is 41.4 Å². The fraction of sp³-hybridized carbons (Fsp3) is 0.222. The predicted octanol–water partition coefficient (Wildman–Crippen LogP) is 3.62. The maximum Gasteiger partial charge on any atom is 0.279 e. The van der Waals surface area contributed by atoms with Gasteiger partial charge in [-0.3, -0.25) is 4.79 Å². The van der Waals surface area contributed by atoms with Crippen molar-refractivity contribution in [3.63, 3.8) is 0 Å². The smallest absolute Gasteiger partial charge is 0.279 e. The van der Waals surface area contributed by atoms with Gasteiger partial charge in [0.1, 0.15) is 27.5 Å². The topological polar surface area (TPSA) is 52.8 Å². The summed E-state index contributed by atoms with van der Waals surface area (Å²) in [6.45, 7) is 2.57. The zero-order chi connectivity index (χ0) is 18.0. The summed E-state index contributed by atoms with van der Waals surface area (Å²) in [7, 11) is 3.19. The summed E-state index contributed by atoms with van der Waals surface area (Å²) in [5.41, 5.74) is 1.17. The van der Waals surface area contributed by atoms with Crippen LogP contribution in [0.25, 0.3) is 10.2 Å². The second-order valence-corrected chi connectivity index (χ2v) is 6.18. The molecule has 3 aromatic rings. The van der Waals surface area contributed by atoms with Gasteiger partial charge in [0.15, 0.2) is 4.80 Å². The Hall–Kier alpha value is -2.67. The van der Waals surface area contributed by atoms with E-state index in [-0.39, 0.29) is 0 Å². The molecule has 7 heteroatoms. The van der Waals surface area contributed by atoms with Crippen LogP contribution in [0.3, 0.4) is 0 Å². The van der Waals surface area contributed by atoms with Crippen LogP contribution in [0, 0.1) is 5.82 Å². The molecule has 0 aliphatic heterocycles. The van der Waals surface area contributed by atoms with Crippen LogP contribution in [0.2, 0.25) is 0 Å². The average Bonchev–Trinajstić information content (AvgIpc) is 2.99. The molecule has 0 aliphatic rings. The number of carbonyl (C=O) groups excluding carboxylic acids is 1. The number of aromatic nitrogens is 1. The highest BCUT2D eigenvalue weighted by atomic mass is 32.1. The minimum Gasteiger partial charge on any atom is -0.495 e. The molecule has 0 aliphatic carbocycles. The van der Waals surface area contributed by atoms with Gasteiger partial charge in [-0.05, 0) is 43.3 Å². The molecule has 0 bridgehead atoms. The monoisotopic (exact) mass is 360 g/mol. The van der Waals surface area contributed by atoms with Gasteiger partial charge in [-0.15, -0.1) is 0 Å². The number of ether oxygens (including phenoxy) is 2. The maximum absolute atomic E-state index is 13.0. The summed E-state index contributed by atoms with van der Waals surface area (Å²) in [6.07, 6.45) is 0. The molecule has 5 nitrogen and oxygen atoms in total. The van der Waals surface area contributed by atoms with Gasteiger partial charge >= 0.3 is 0 Å². The summed E-state index contributed by atoms with van der Waals surface area (Å²) < 4.78 is 26.7. The van der Waals surface area contributed by atoms with Crippen molar-refractivity contribution in [1.29, 1.82) is 0 Å². The summed E-state index contributed by atoms with van der Waals surface area (Å²) >= 11 is 1.35. The number of halogens is 1. The van der Waals surface area contributed by atoms with E-state index in [9.17, 15) is 9.18 Å². The van der Waals surface area contributed by atoms with E-state index in [1.807, 2.05) is 23.6 Å². The lowest BCUT2D eigenvalue weighted by molar-refractivity contribution is 0.0998. The fourth-order valence-corrected chi connectivity index (χ4v) is 3.78. The number of nitrogens with zero attached hydrogens (tertiary/aromatic N) is 2. The highest BCUT2D eigenvalue weighted by Crippen LogP contribution is 2.35. The molecule has 0 unspecified atom stereocenters. The number of aryl methyl sites for hydroxylation is 1. The van der Waals surface area contributed by atoms with Gasteiger partial charge in [0.25, 0.3) is 5.91 Å². The average molecular weight is 360 g/mol. The lowest BCUT2D eigenvalue weighted by Crippen LogP contribution is -2.16. The van der Waals surface area contributed by atoms with E-state index in [4.69, 9.17) is 9.47 Å². The molecule has 0 saturated heterocycles. The summed E-state index contributed by atoms with van der Waals surface area (Å²) in [5, 5.41) is 0. The Bertz CT molecular complexity index is 990. The van der Waals surface area contributed by atoms with Crippen LogP contribution in [0.1, 0.15) is 17.3 Å². The Morgan fingerprint density at radius 3 is 2.36 bits per heavy atom. The molecule has 0 radical (unpaired) electrons. The number of amides is 1. The van der Waals surface area contributed by atoms with Crippen LogP contribution in [0.4, 0.5) is 4.39 Å². The molecule has 25 heavy (non-hydrogen) atoms. The minimum absolute atomic E-state index is 0.334. The Morgan fingerprint density at radius 1 is 1.12 bits per heavy atom. The Labute approximate surface area is 148 Å². The molecule has 1 aromatic heterocycles. The zero-order valence-corrected chi connectivity index (χ0v) is 14.9. The van der Waals surface area contributed by atoms with Crippen molar-refractivity contribution >= 4 is 27.5 Å². The van der Waals surface area contributed by atoms with Crippen molar-refractivity contribution in [2.24, 2.45) is 4.99 Å². The van der Waals surface area contributed by atoms with Gasteiger partial charge < -0.3 is 14.0 Å². The number of methoxy groups -OCH3 is 2. The summed E-state index contributed by atoms with van der Waals surface area (Å²) in [4.78, 5) is 17.2. The van der Waals surface area contributed by atoms with Crippen molar-refractivity contribution in [1.82, 2.24) is 4.57 Å². The normalized spacial score (nSPS) is 11.8. The molecule has 0 saturated carbocycles. The molecule has 0 atom stereocenters. The van der Waals surface area contributed by atoms with Crippen molar-refractivity contribution in [2.75, 3.05) is 14.2 Å². The first-order valence-corrected chi connectivity index (χ1v) is 8.49. The minimum atomic E-state index is -0.424. The van der Waals surface area contributed by atoms with Crippen molar-refractivity contribution in [2.45, 2.75) is 13.5 Å². The van der Waals surface area contributed by atoms with Crippen LogP contribution in [0.5, 0.6) is 11.5 Å². The van der Waals surface area contributed by atoms with Gasteiger partial charge in [-0.2, -0.15) is 4.99 Å². The SMILES string of the molecule is CCn1c(=NC(=O)c2ccc(F)cc2)sc2c(OC)ccc(OC)c21. The Morgan fingerprint density at radius 2 is 1.76 bits per heavy atom. The number of thiazole rings is 1. The quantitative estimate of drug-likeness (QED) is 0.714. The predicted molar refractivity (Wildman–Crippen MR) is 94.9 cm³/mol. The Kier molecular flexibility index (Phi) is 4.85. The molecule has 1 amide bonds. The molecule has 0 spiro atoms. The second kappa shape index (κ2) is 7.06. The van der Waals surface area contributed by atoms with Gasteiger partial charge in [0, 0.05) is 12.1 Å². The molecule has 2 aromatic carbocycles. The second-order valence-electron chi connectivity index (χ2n) is 5.20. The maximum atomic E-state index is 13.0. The van der Waals surface area contributed by atoms with Crippen LogP contribution >= 0.6 is 11.3 Å². The van der Waals surface area contributed by atoms with E-state index >= 15 is 0 Å². The first-order valence-electron chi connectivity index (χ1n) is 7.68. The first kappa shape index (κ1) is 17.2. The van der Waals surface area contributed by atoms with Crippen LogP contribution in [-0.2, 0) is 6.54 Å². The number of hydrogen-bond donors (Lipinski definition) is 0. The van der Waals surface area contributed by atoms with Crippen molar-refractivity contribution < 1.29 is 18.7 Å². The van der Waals surface area contributed by atoms with Gasteiger partial charge in [-0.1, -0.05) is 11.3 Å². The fourth-order valence-electron chi connectivity index (χ4n) is 2.58. The third kappa shape index (κ3) is 3.15. The molecule has 1 heterocycles. The van der Waals surface area contributed by atoms with E-state index in [2.05, 4.69) is 4.99 Å². The van der Waals surface area contributed by atoms with Gasteiger partial charge in [-0.25, -0.2) is 4.39 Å². The first-order chi connectivity index (χ1) is 12.1. The summed E-state index contributed by atoms with van der Waals surface area (Å²) in [5.74, 6) is 0.562. The molecular weight excluding hydrogens is 343 g/mol. The number of rotatable bonds is 4. The Balaban J connectivity index is 2.22. The lowest BCUT2D eigenvalue weighted by Gasteiger charge is -2.08. The largest absolute Gasteiger partial charge is 0.495 e. The highest BCUT2D eigenvalue weighted by Gasteiger charge is 2.16. The van der Waals surface area contributed by atoms with Crippen molar-refractivity contribution in [3.8, 4) is 11.5 Å². The zero-order valence-electron chi connectivity index (χ0n) is 14.1. The number of benzene rings is 2. The molecule has 3 rings (SSSR count). The standard InChI is InChI=1S/C18H17FN2O3S/c1-4-21-15-13(23-2)9-10-14(24-3)16(15)25-18(21)20-17(22)11-5-7-12(19)8-6-11/h5-10H,4H2,1-3H3. The van der Waals surface area contributed by atoms with Gasteiger partial charge in [0.05, 0.1) is 14.2 Å². The summed E-state index contributed by atoms with van der Waals surface area (Å²) in [6, 6.07) is 8.98. The molecule has 130 valence electrons. The highest BCUT2D eigenvalue weighted by molar-refractivity contribution is 7.16. The van der Waals surface area contributed by atoms with E-state index in [1.165, 1.54) is 35.6 Å². The molecule has 0 fully saturated rings. The van der Waals surface area contributed by atoms with Crippen LogP contribution in [-0.4, -0.2) is 24.7 Å². The molecular formula is C18H17FN2O3S. The number of hydrogen-bond acceptors (Lipinski definition) is 4. The third-order valence-corrected chi connectivity index (χ3v) is 4.89. The number of fused-ring (bicyclic) bond motifs is 1. The molecule has 0 N–H and O–H groups in total. The van der Waals surface area contributed by atoms with E-state index < -0.39 is 11.7 Å². The van der Waals surface area contributed by atoms with E-state index in [1.54, 1.807) is 14.2 Å². The third-order valence-electron chi connectivity index (χ3n) is 3.80. The van der Waals surface area contributed by atoms with Gasteiger partial charge in [0.2, 0.25) is 0 Å². The number of carbonyl (C=O) groups is 1. The van der Waals surface area contributed by atoms with E-state index in [0.717, 1.165) is 10.2 Å². The van der Waals surface area contributed by atoms with Crippen molar-refractivity contribution in [3.05, 3.63) is 52.6 Å². The lowest BCUT2D eigenvalue weighted by atomic mass is 10.2. The van der Waals surface area contributed by atoms with E-state index in [0.29, 0.717) is 28.4 Å². The van der Waals surface area contributed by atoms with Crippen LogP contribution < -0.4 is 14.3 Å².